The first kappa shape index (κ1) is 15.3. The molecule has 1 atom stereocenters. The van der Waals surface area contributed by atoms with Crippen LogP contribution in [0.1, 0.15) is 34.8 Å². The van der Waals surface area contributed by atoms with Gasteiger partial charge in [0.1, 0.15) is 5.52 Å². The number of benzene rings is 2. The van der Waals surface area contributed by atoms with Crippen molar-refractivity contribution in [3.05, 3.63) is 77.3 Å². The van der Waals surface area contributed by atoms with Crippen LogP contribution in [0.2, 0.25) is 0 Å². The van der Waals surface area contributed by atoms with Gasteiger partial charge in [0.2, 0.25) is 17.7 Å². The van der Waals surface area contributed by atoms with Gasteiger partial charge in [-0.05, 0) is 29.7 Å². The van der Waals surface area contributed by atoms with E-state index in [9.17, 15) is 0 Å². The van der Waals surface area contributed by atoms with E-state index in [4.69, 9.17) is 8.83 Å². The van der Waals surface area contributed by atoms with Crippen LogP contribution in [-0.4, -0.2) is 20.1 Å². The Balaban J connectivity index is 1.51. The van der Waals surface area contributed by atoms with Gasteiger partial charge in [-0.3, -0.25) is 4.90 Å². The number of hydrogen-bond acceptors (Lipinski definition) is 6. The van der Waals surface area contributed by atoms with Gasteiger partial charge in [-0.1, -0.05) is 36.4 Å². The minimum Gasteiger partial charge on any atom is -0.439 e. The van der Waals surface area contributed by atoms with Crippen molar-refractivity contribution < 1.29 is 8.83 Å². The average Bonchev–Trinajstić information content (AvgIpc) is 3.26. The average molecular weight is 346 g/mol. The second kappa shape index (κ2) is 6.07. The summed E-state index contributed by atoms with van der Waals surface area (Å²) in [6.45, 7) is 3.20. The number of para-hydroxylation sites is 2. The van der Waals surface area contributed by atoms with Gasteiger partial charge in [0.05, 0.1) is 12.6 Å². The lowest BCUT2D eigenvalue weighted by Crippen LogP contribution is -2.34. The first-order valence-electron chi connectivity index (χ1n) is 8.71. The number of oxazole rings is 1. The van der Waals surface area contributed by atoms with Gasteiger partial charge in [0.25, 0.3) is 0 Å². The fraction of sp³-hybridized carbons (Fsp3) is 0.250. The molecule has 2 aromatic heterocycles. The molecule has 0 fully saturated rings. The first-order chi connectivity index (χ1) is 12.8. The van der Waals surface area contributed by atoms with Gasteiger partial charge in [-0.2, -0.15) is 0 Å². The van der Waals surface area contributed by atoms with E-state index in [0.29, 0.717) is 24.2 Å². The van der Waals surface area contributed by atoms with Crippen molar-refractivity contribution in [2.24, 2.45) is 0 Å². The maximum absolute atomic E-state index is 5.93. The van der Waals surface area contributed by atoms with Crippen LogP contribution in [0.15, 0.2) is 57.4 Å². The molecule has 3 heterocycles. The Morgan fingerprint density at radius 1 is 1.00 bits per heavy atom. The summed E-state index contributed by atoms with van der Waals surface area (Å²) in [7, 11) is 0. The second-order valence-electron chi connectivity index (χ2n) is 6.63. The van der Waals surface area contributed by atoms with Gasteiger partial charge in [0, 0.05) is 13.5 Å². The van der Waals surface area contributed by atoms with Crippen LogP contribution >= 0.6 is 0 Å². The quantitative estimate of drug-likeness (QED) is 0.562. The maximum atomic E-state index is 5.93. The summed E-state index contributed by atoms with van der Waals surface area (Å²) in [5.41, 5.74) is 4.33. The van der Waals surface area contributed by atoms with Gasteiger partial charge < -0.3 is 8.83 Å². The molecule has 1 aliphatic heterocycles. The van der Waals surface area contributed by atoms with Crippen molar-refractivity contribution >= 4 is 11.1 Å². The van der Waals surface area contributed by atoms with Gasteiger partial charge in [-0.15, -0.1) is 10.2 Å². The Labute approximate surface area is 150 Å². The number of nitrogens with zero attached hydrogens (tertiary/aromatic N) is 4. The zero-order chi connectivity index (χ0) is 17.5. The van der Waals surface area contributed by atoms with E-state index in [-0.39, 0.29) is 6.04 Å². The second-order valence-corrected chi connectivity index (χ2v) is 6.63. The molecule has 0 radical (unpaired) electrons. The Morgan fingerprint density at radius 2 is 1.81 bits per heavy atom. The summed E-state index contributed by atoms with van der Waals surface area (Å²) < 4.78 is 11.7. The normalized spacial score (nSPS) is 17.5. The highest BCUT2D eigenvalue weighted by Crippen LogP contribution is 2.34. The molecule has 0 bridgehead atoms. The Hall–Kier alpha value is -2.99. The molecule has 5 rings (SSSR count). The molecule has 6 heteroatoms. The molecule has 6 nitrogen and oxygen atoms in total. The Bertz CT molecular complexity index is 1040. The highest BCUT2D eigenvalue weighted by Gasteiger charge is 2.32. The van der Waals surface area contributed by atoms with E-state index in [2.05, 4.69) is 44.3 Å². The van der Waals surface area contributed by atoms with E-state index >= 15 is 0 Å². The van der Waals surface area contributed by atoms with E-state index in [1.165, 1.54) is 11.1 Å². The predicted octanol–water partition coefficient (Wildman–Crippen LogP) is 3.82. The maximum Gasteiger partial charge on any atom is 0.233 e. The number of rotatable bonds is 3. The Morgan fingerprint density at radius 3 is 2.62 bits per heavy atom. The fourth-order valence-electron chi connectivity index (χ4n) is 3.59. The molecular weight excluding hydrogens is 328 g/mol. The summed E-state index contributed by atoms with van der Waals surface area (Å²) in [6, 6.07) is 16.3. The summed E-state index contributed by atoms with van der Waals surface area (Å²) >= 11 is 0. The van der Waals surface area contributed by atoms with Gasteiger partial charge in [-0.25, -0.2) is 4.98 Å². The molecule has 130 valence electrons. The van der Waals surface area contributed by atoms with Crippen LogP contribution in [0.5, 0.6) is 0 Å². The molecule has 1 unspecified atom stereocenters. The third-order valence-electron chi connectivity index (χ3n) is 4.85. The standard InChI is InChI=1S/C20H18N4O2/c1-13-22-23-20(25-13)17-10-14-6-2-3-7-15(14)11-24(17)12-19-21-16-8-4-5-9-18(16)26-19/h2-9,17H,10-12H2,1H3. The fourth-order valence-corrected chi connectivity index (χ4v) is 3.59. The molecule has 26 heavy (non-hydrogen) atoms. The monoisotopic (exact) mass is 346 g/mol. The summed E-state index contributed by atoms with van der Waals surface area (Å²) in [4.78, 5) is 6.91. The molecule has 0 amide bonds. The van der Waals surface area contributed by atoms with Crippen molar-refractivity contribution in [3.8, 4) is 0 Å². The molecule has 1 aliphatic rings. The zero-order valence-corrected chi connectivity index (χ0v) is 14.4. The van der Waals surface area contributed by atoms with Crippen LogP contribution in [-0.2, 0) is 19.5 Å². The molecule has 2 aromatic carbocycles. The third kappa shape index (κ3) is 2.68. The van der Waals surface area contributed by atoms with Crippen LogP contribution in [0, 0.1) is 6.92 Å². The number of aryl methyl sites for hydroxylation is 1. The number of hydrogen-bond donors (Lipinski definition) is 0. The minimum absolute atomic E-state index is 0.0149. The smallest absolute Gasteiger partial charge is 0.233 e. The lowest BCUT2D eigenvalue weighted by atomic mass is 9.94. The van der Waals surface area contributed by atoms with E-state index in [1.54, 1.807) is 0 Å². The molecule has 0 saturated heterocycles. The molecule has 4 aromatic rings. The van der Waals surface area contributed by atoms with Crippen molar-refractivity contribution in [2.75, 3.05) is 0 Å². The molecular formula is C20H18N4O2. The lowest BCUT2D eigenvalue weighted by molar-refractivity contribution is 0.126. The van der Waals surface area contributed by atoms with Crippen molar-refractivity contribution in [1.82, 2.24) is 20.1 Å². The van der Waals surface area contributed by atoms with E-state index in [1.807, 2.05) is 31.2 Å². The molecule has 0 saturated carbocycles. The largest absolute Gasteiger partial charge is 0.439 e. The van der Waals surface area contributed by atoms with Crippen molar-refractivity contribution in [3.63, 3.8) is 0 Å². The van der Waals surface area contributed by atoms with Gasteiger partial charge in [0.15, 0.2) is 5.58 Å². The Kier molecular flexibility index (Phi) is 3.57. The van der Waals surface area contributed by atoms with Crippen molar-refractivity contribution in [2.45, 2.75) is 32.5 Å². The highest BCUT2D eigenvalue weighted by molar-refractivity contribution is 5.72. The van der Waals surface area contributed by atoms with Crippen LogP contribution in [0.4, 0.5) is 0 Å². The molecule has 0 spiro atoms. The van der Waals surface area contributed by atoms with Crippen LogP contribution < -0.4 is 0 Å². The molecule has 0 aliphatic carbocycles. The van der Waals surface area contributed by atoms with E-state index < -0.39 is 0 Å². The lowest BCUT2D eigenvalue weighted by Gasteiger charge is -2.33. The van der Waals surface area contributed by atoms with Gasteiger partial charge >= 0.3 is 0 Å². The molecule has 0 N–H and O–H groups in total. The summed E-state index contributed by atoms with van der Waals surface area (Å²) in [5, 5.41) is 8.28. The van der Waals surface area contributed by atoms with Crippen LogP contribution in [0.3, 0.4) is 0 Å². The number of aromatic nitrogens is 3. The zero-order valence-electron chi connectivity index (χ0n) is 14.4. The predicted molar refractivity (Wildman–Crippen MR) is 95.2 cm³/mol. The minimum atomic E-state index is 0.0149. The third-order valence-corrected chi connectivity index (χ3v) is 4.85. The summed E-state index contributed by atoms with van der Waals surface area (Å²) in [6.07, 6.45) is 0.831. The SMILES string of the molecule is Cc1nnc(C2Cc3ccccc3CN2Cc2nc3ccccc3o2)o1. The van der Waals surface area contributed by atoms with E-state index in [0.717, 1.165) is 24.1 Å². The number of fused-ring (bicyclic) bond motifs is 2. The first-order valence-corrected chi connectivity index (χ1v) is 8.71. The summed E-state index contributed by atoms with van der Waals surface area (Å²) in [5.74, 6) is 1.93. The van der Waals surface area contributed by atoms with Crippen molar-refractivity contribution in [1.29, 1.82) is 0 Å². The van der Waals surface area contributed by atoms with Crippen LogP contribution in [0.25, 0.3) is 11.1 Å². The topological polar surface area (TPSA) is 68.2 Å². The highest BCUT2D eigenvalue weighted by atomic mass is 16.4.